The topological polar surface area (TPSA) is 44.1 Å². The molecule has 0 saturated carbocycles. The van der Waals surface area contributed by atoms with E-state index in [4.69, 9.17) is 16.9 Å². The first-order valence-corrected chi connectivity index (χ1v) is 5.80. The van der Waals surface area contributed by atoms with E-state index in [0.29, 0.717) is 11.3 Å². The highest BCUT2D eigenvalue weighted by Gasteiger charge is 2.30. The molecule has 0 heterocycles. The van der Waals surface area contributed by atoms with Crippen molar-refractivity contribution >= 4 is 23.2 Å². The summed E-state index contributed by atoms with van der Waals surface area (Å²) in [6, 6.07) is 8.99. The van der Waals surface area contributed by atoms with Crippen LogP contribution in [0.3, 0.4) is 0 Å². The Morgan fingerprint density at radius 3 is 2.71 bits per heavy atom. The summed E-state index contributed by atoms with van der Waals surface area (Å²) in [5, 5.41) is 8.81. The fourth-order valence-electron chi connectivity index (χ4n) is 1.41. The second-order valence-electron chi connectivity index (χ2n) is 4.54. The molecule has 0 atom stereocenters. The summed E-state index contributed by atoms with van der Waals surface area (Å²) >= 11 is 5.78. The number of carbonyl (C=O) groups excluding carboxylic acids is 1. The van der Waals surface area contributed by atoms with Gasteiger partial charge in [0.2, 0.25) is 5.91 Å². The molecular weight excluding hydrogens is 236 g/mol. The van der Waals surface area contributed by atoms with Crippen LogP contribution in [0.25, 0.3) is 0 Å². The highest BCUT2D eigenvalue weighted by Crippen LogP contribution is 2.24. The molecule has 0 spiro atoms. The average molecular weight is 251 g/mol. The van der Waals surface area contributed by atoms with Crippen molar-refractivity contribution < 1.29 is 4.79 Å². The standard InChI is InChI=1S/C13H15ClN2O/c1-13(2,9-14)12(17)16(3)11-6-4-5-10(7-11)8-15/h4-7H,9H2,1-3H3. The number of rotatable bonds is 3. The van der Waals surface area contributed by atoms with Gasteiger partial charge in [-0.1, -0.05) is 6.07 Å². The molecule has 1 rings (SSSR count). The van der Waals surface area contributed by atoms with E-state index in [1.54, 1.807) is 45.2 Å². The minimum atomic E-state index is -0.612. The monoisotopic (exact) mass is 250 g/mol. The molecule has 0 N–H and O–H groups in total. The maximum absolute atomic E-state index is 12.2. The highest BCUT2D eigenvalue weighted by atomic mass is 35.5. The van der Waals surface area contributed by atoms with E-state index in [2.05, 4.69) is 0 Å². The van der Waals surface area contributed by atoms with E-state index in [1.807, 2.05) is 6.07 Å². The SMILES string of the molecule is CN(C(=O)C(C)(C)CCl)c1cccc(C#N)c1. The van der Waals surface area contributed by atoms with Crippen LogP contribution in [0.5, 0.6) is 0 Å². The predicted octanol–water partition coefficient (Wildman–Crippen LogP) is 2.79. The van der Waals surface area contributed by atoms with Gasteiger partial charge in [-0.05, 0) is 32.0 Å². The van der Waals surface area contributed by atoms with Gasteiger partial charge in [-0.3, -0.25) is 4.79 Å². The number of halogens is 1. The number of nitrogens with zero attached hydrogens (tertiary/aromatic N) is 2. The molecule has 1 amide bonds. The lowest BCUT2D eigenvalue weighted by atomic mass is 9.94. The Bertz CT molecular complexity index is 463. The normalized spacial score (nSPS) is 10.8. The molecular formula is C13H15ClN2O. The summed E-state index contributed by atoms with van der Waals surface area (Å²) in [6.45, 7) is 3.60. The maximum atomic E-state index is 12.2. The van der Waals surface area contributed by atoms with Crippen molar-refractivity contribution in [1.29, 1.82) is 5.26 Å². The third-order valence-corrected chi connectivity index (χ3v) is 3.25. The fourth-order valence-corrected chi connectivity index (χ4v) is 1.53. The van der Waals surface area contributed by atoms with Gasteiger partial charge < -0.3 is 4.90 Å². The Kier molecular flexibility index (Phi) is 4.14. The number of alkyl halides is 1. The molecule has 0 bridgehead atoms. The second kappa shape index (κ2) is 5.20. The van der Waals surface area contributed by atoms with E-state index in [-0.39, 0.29) is 11.8 Å². The summed E-state index contributed by atoms with van der Waals surface area (Å²) in [4.78, 5) is 13.7. The molecule has 4 heteroatoms. The zero-order valence-electron chi connectivity index (χ0n) is 10.2. The van der Waals surface area contributed by atoms with Crippen LogP contribution in [0.4, 0.5) is 5.69 Å². The summed E-state index contributed by atoms with van der Waals surface area (Å²) in [6.07, 6.45) is 0. The largest absolute Gasteiger partial charge is 0.315 e. The zero-order chi connectivity index (χ0) is 13.1. The van der Waals surface area contributed by atoms with E-state index < -0.39 is 5.41 Å². The van der Waals surface area contributed by atoms with Gasteiger partial charge in [-0.2, -0.15) is 5.26 Å². The first kappa shape index (κ1) is 13.5. The first-order valence-electron chi connectivity index (χ1n) is 5.26. The van der Waals surface area contributed by atoms with E-state index >= 15 is 0 Å². The van der Waals surface area contributed by atoms with Crippen molar-refractivity contribution in [3.05, 3.63) is 29.8 Å². The highest BCUT2D eigenvalue weighted by molar-refractivity contribution is 6.20. The van der Waals surface area contributed by atoms with E-state index in [9.17, 15) is 4.79 Å². The fraction of sp³-hybridized carbons (Fsp3) is 0.385. The molecule has 3 nitrogen and oxygen atoms in total. The lowest BCUT2D eigenvalue weighted by Gasteiger charge is -2.27. The third-order valence-electron chi connectivity index (χ3n) is 2.58. The van der Waals surface area contributed by atoms with Crippen molar-refractivity contribution in [2.45, 2.75) is 13.8 Å². The number of amides is 1. The van der Waals surface area contributed by atoms with Crippen LogP contribution in [-0.4, -0.2) is 18.8 Å². The van der Waals surface area contributed by atoms with Crippen molar-refractivity contribution in [3.63, 3.8) is 0 Å². The minimum absolute atomic E-state index is 0.0670. The third kappa shape index (κ3) is 2.98. The lowest BCUT2D eigenvalue weighted by molar-refractivity contribution is -0.125. The maximum Gasteiger partial charge on any atom is 0.233 e. The zero-order valence-corrected chi connectivity index (χ0v) is 11.0. The second-order valence-corrected chi connectivity index (χ2v) is 4.81. The number of nitriles is 1. The Balaban J connectivity index is 3.01. The van der Waals surface area contributed by atoms with Crippen LogP contribution in [-0.2, 0) is 4.79 Å². The summed E-state index contributed by atoms with van der Waals surface area (Å²) in [5.41, 5.74) is 0.622. The Labute approximate surface area is 107 Å². The van der Waals surface area contributed by atoms with Gasteiger partial charge in [0.25, 0.3) is 0 Å². The Hall–Kier alpha value is -1.53. The molecule has 1 aromatic carbocycles. The summed E-state index contributed by atoms with van der Waals surface area (Å²) in [7, 11) is 1.69. The van der Waals surface area contributed by atoms with Crippen molar-refractivity contribution in [3.8, 4) is 6.07 Å². The van der Waals surface area contributed by atoms with Gasteiger partial charge >= 0.3 is 0 Å². The van der Waals surface area contributed by atoms with Gasteiger partial charge in [0, 0.05) is 18.6 Å². The molecule has 0 aliphatic rings. The van der Waals surface area contributed by atoms with Gasteiger partial charge in [0.1, 0.15) is 0 Å². The van der Waals surface area contributed by atoms with Gasteiger partial charge in [0.05, 0.1) is 17.0 Å². The molecule has 1 aromatic rings. The quantitative estimate of drug-likeness (QED) is 0.775. The van der Waals surface area contributed by atoms with E-state index in [0.717, 1.165) is 0 Å². The number of carbonyl (C=O) groups is 1. The van der Waals surface area contributed by atoms with Crippen LogP contribution in [0, 0.1) is 16.7 Å². The molecule has 90 valence electrons. The molecule has 0 aromatic heterocycles. The summed E-state index contributed by atoms with van der Waals surface area (Å²) in [5.74, 6) is 0.191. The van der Waals surface area contributed by atoms with Crippen molar-refractivity contribution in [2.75, 3.05) is 17.8 Å². The number of hydrogen-bond acceptors (Lipinski definition) is 2. The number of hydrogen-bond donors (Lipinski definition) is 0. The van der Waals surface area contributed by atoms with Crippen LogP contribution in [0.15, 0.2) is 24.3 Å². The van der Waals surface area contributed by atoms with Gasteiger partial charge in [-0.15, -0.1) is 11.6 Å². The first-order chi connectivity index (χ1) is 7.92. The molecule has 0 radical (unpaired) electrons. The smallest absolute Gasteiger partial charge is 0.233 e. The molecule has 0 aliphatic carbocycles. The average Bonchev–Trinajstić information content (AvgIpc) is 2.37. The van der Waals surface area contributed by atoms with Gasteiger partial charge in [-0.25, -0.2) is 0 Å². The Morgan fingerprint density at radius 1 is 1.53 bits per heavy atom. The van der Waals surface area contributed by atoms with Crippen LogP contribution in [0.2, 0.25) is 0 Å². The molecule has 0 aliphatic heterocycles. The molecule has 0 saturated heterocycles. The minimum Gasteiger partial charge on any atom is -0.315 e. The van der Waals surface area contributed by atoms with Crippen LogP contribution < -0.4 is 4.90 Å². The molecule has 17 heavy (non-hydrogen) atoms. The number of benzene rings is 1. The van der Waals surface area contributed by atoms with Crippen molar-refractivity contribution in [1.82, 2.24) is 0 Å². The molecule has 0 unspecified atom stereocenters. The Morgan fingerprint density at radius 2 is 2.18 bits per heavy atom. The van der Waals surface area contributed by atoms with E-state index in [1.165, 1.54) is 4.90 Å². The number of anilines is 1. The van der Waals surface area contributed by atoms with Gasteiger partial charge in [0.15, 0.2) is 0 Å². The summed E-state index contributed by atoms with van der Waals surface area (Å²) < 4.78 is 0. The van der Waals surface area contributed by atoms with Crippen LogP contribution in [0.1, 0.15) is 19.4 Å². The van der Waals surface area contributed by atoms with Crippen molar-refractivity contribution in [2.24, 2.45) is 5.41 Å². The molecule has 0 fully saturated rings. The predicted molar refractivity (Wildman–Crippen MR) is 69.1 cm³/mol. The van der Waals surface area contributed by atoms with Crippen LogP contribution >= 0.6 is 11.6 Å². The lowest BCUT2D eigenvalue weighted by Crippen LogP contribution is -2.39.